The summed E-state index contributed by atoms with van der Waals surface area (Å²) in [6, 6.07) is 7.84. The summed E-state index contributed by atoms with van der Waals surface area (Å²) in [6.07, 6.45) is 0.825. The topological polar surface area (TPSA) is 78.4 Å². The molecule has 2 aromatic rings. The second-order valence-corrected chi connectivity index (χ2v) is 8.31. The van der Waals surface area contributed by atoms with Gasteiger partial charge in [-0.1, -0.05) is 39.8 Å². The number of carbonyl (C=O) groups excluding carboxylic acids is 1. The fourth-order valence-electron chi connectivity index (χ4n) is 2.54. The Labute approximate surface area is 178 Å². The first kappa shape index (κ1) is 22.9. The van der Waals surface area contributed by atoms with E-state index < -0.39 is 0 Å². The summed E-state index contributed by atoms with van der Waals surface area (Å²) in [5.74, 6) is 1.24. The summed E-state index contributed by atoms with van der Waals surface area (Å²) < 4.78 is 0. The van der Waals surface area contributed by atoms with E-state index in [0.29, 0.717) is 19.0 Å². The Kier molecular flexibility index (Phi) is 9.12. The van der Waals surface area contributed by atoms with E-state index in [4.69, 9.17) is 0 Å². The third kappa shape index (κ3) is 7.49. The van der Waals surface area contributed by atoms with Crippen molar-refractivity contribution in [1.29, 1.82) is 0 Å². The largest absolute Gasteiger partial charge is 0.357 e. The van der Waals surface area contributed by atoms with Crippen LogP contribution in [0.4, 0.5) is 5.69 Å². The quantitative estimate of drug-likeness (QED) is 0.416. The molecule has 0 saturated carbocycles. The van der Waals surface area contributed by atoms with Gasteiger partial charge in [-0.25, -0.2) is 9.98 Å². The van der Waals surface area contributed by atoms with Gasteiger partial charge in [0.25, 0.3) is 0 Å². The summed E-state index contributed by atoms with van der Waals surface area (Å²) in [6.45, 7) is 12.2. The number of anilines is 1. The maximum Gasteiger partial charge on any atom is 0.227 e. The number of thiazole rings is 1. The lowest BCUT2D eigenvalue weighted by molar-refractivity contribution is -0.119. The lowest BCUT2D eigenvalue weighted by Crippen LogP contribution is -2.36. The van der Waals surface area contributed by atoms with Crippen molar-refractivity contribution in [3.05, 3.63) is 45.9 Å². The van der Waals surface area contributed by atoms with E-state index >= 15 is 0 Å². The van der Waals surface area contributed by atoms with E-state index in [1.165, 1.54) is 0 Å². The van der Waals surface area contributed by atoms with Gasteiger partial charge in [0.1, 0.15) is 5.01 Å². The molecule has 0 saturated heterocycles. The molecule has 0 aliphatic carbocycles. The average Bonchev–Trinajstić information content (AvgIpc) is 3.19. The number of aliphatic imine (C=N–C) groups is 1. The molecular weight excluding hydrogens is 382 g/mol. The van der Waals surface area contributed by atoms with Gasteiger partial charge >= 0.3 is 0 Å². The molecule has 2 rings (SSSR count). The summed E-state index contributed by atoms with van der Waals surface area (Å²) in [5.41, 5.74) is 2.98. The van der Waals surface area contributed by atoms with Gasteiger partial charge in [-0.2, -0.15) is 0 Å². The maximum atomic E-state index is 12.1. The summed E-state index contributed by atoms with van der Waals surface area (Å²) in [5, 5.41) is 12.8. The van der Waals surface area contributed by atoms with Gasteiger partial charge < -0.3 is 16.0 Å². The molecule has 0 radical (unpaired) electrons. The van der Waals surface area contributed by atoms with Crippen LogP contribution in [-0.2, 0) is 17.9 Å². The SMILES string of the molecule is CCNC(=NCc1cccc(NC(=O)C(C)CC)c1)NCc1nc(C(C)C)cs1. The number of hydrogen-bond acceptors (Lipinski definition) is 4. The average molecular weight is 416 g/mol. The minimum absolute atomic E-state index is 0.00306. The van der Waals surface area contributed by atoms with Crippen molar-refractivity contribution < 1.29 is 4.79 Å². The number of carbonyl (C=O) groups is 1. The van der Waals surface area contributed by atoms with Crippen molar-refractivity contribution in [3.63, 3.8) is 0 Å². The van der Waals surface area contributed by atoms with Crippen LogP contribution in [0, 0.1) is 5.92 Å². The van der Waals surface area contributed by atoms with Crippen LogP contribution in [-0.4, -0.2) is 23.4 Å². The van der Waals surface area contributed by atoms with Crippen molar-refractivity contribution in [2.24, 2.45) is 10.9 Å². The second-order valence-electron chi connectivity index (χ2n) is 7.37. The Balaban J connectivity index is 1.98. The Morgan fingerprint density at radius 3 is 2.66 bits per heavy atom. The Morgan fingerprint density at radius 2 is 2.00 bits per heavy atom. The van der Waals surface area contributed by atoms with Gasteiger partial charge in [-0.3, -0.25) is 4.79 Å². The smallest absolute Gasteiger partial charge is 0.227 e. The van der Waals surface area contributed by atoms with E-state index in [-0.39, 0.29) is 11.8 Å². The van der Waals surface area contributed by atoms with Gasteiger partial charge in [-0.15, -0.1) is 11.3 Å². The number of aromatic nitrogens is 1. The molecule has 1 amide bonds. The van der Waals surface area contributed by atoms with E-state index in [1.54, 1.807) is 11.3 Å². The predicted octanol–water partition coefficient (Wildman–Crippen LogP) is 4.51. The molecule has 6 nitrogen and oxygen atoms in total. The van der Waals surface area contributed by atoms with Crippen LogP contribution < -0.4 is 16.0 Å². The van der Waals surface area contributed by atoms with E-state index in [9.17, 15) is 4.79 Å². The molecule has 0 spiro atoms. The van der Waals surface area contributed by atoms with Gasteiger partial charge in [0.05, 0.1) is 18.8 Å². The molecule has 1 aromatic carbocycles. The van der Waals surface area contributed by atoms with E-state index in [2.05, 4.69) is 45.2 Å². The zero-order chi connectivity index (χ0) is 21.2. The van der Waals surface area contributed by atoms with Crippen LogP contribution in [0.2, 0.25) is 0 Å². The minimum Gasteiger partial charge on any atom is -0.357 e. The molecule has 0 fully saturated rings. The molecule has 1 heterocycles. The zero-order valence-electron chi connectivity index (χ0n) is 18.1. The first-order chi connectivity index (χ1) is 13.9. The lowest BCUT2D eigenvalue weighted by Gasteiger charge is -2.12. The van der Waals surface area contributed by atoms with Gasteiger partial charge in [-0.05, 0) is 37.0 Å². The number of nitrogens with one attached hydrogen (secondary N) is 3. The number of amides is 1. The molecule has 1 unspecified atom stereocenters. The Bertz CT molecular complexity index is 815. The highest BCUT2D eigenvalue weighted by Gasteiger charge is 2.10. The fourth-order valence-corrected chi connectivity index (χ4v) is 3.44. The summed E-state index contributed by atoms with van der Waals surface area (Å²) in [7, 11) is 0. The van der Waals surface area contributed by atoms with Crippen LogP contribution >= 0.6 is 11.3 Å². The van der Waals surface area contributed by atoms with Crippen molar-refractivity contribution in [2.45, 2.75) is 60.0 Å². The molecule has 1 atom stereocenters. The van der Waals surface area contributed by atoms with Gasteiger partial charge in [0, 0.05) is 23.5 Å². The molecule has 0 bridgehead atoms. The molecule has 0 aliphatic rings. The number of guanidine groups is 1. The fraction of sp³-hybridized carbons (Fsp3) is 0.500. The number of rotatable bonds is 9. The van der Waals surface area contributed by atoms with Crippen LogP contribution in [0.1, 0.15) is 63.2 Å². The molecule has 3 N–H and O–H groups in total. The molecular formula is C22H33N5OS. The van der Waals surface area contributed by atoms with Crippen molar-refractivity contribution in [3.8, 4) is 0 Å². The highest BCUT2D eigenvalue weighted by molar-refractivity contribution is 7.09. The van der Waals surface area contributed by atoms with Gasteiger partial charge in [0.2, 0.25) is 5.91 Å². The highest BCUT2D eigenvalue weighted by Crippen LogP contribution is 2.17. The molecule has 0 aliphatic heterocycles. The molecule has 1 aromatic heterocycles. The van der Waals surface area contributed by atoms with E-state index in [1.807, 2.05) is 45.0 Å². The van der Waals surface area contributed by atoms with Crippen LogP contribution in [0.25, 0.3) is 0 Å². The lowest BCUT2D eigenvalue weighted by atomic mass is 10.1. The minimum atomic E-state index is 0.00306. The number of benzene rings is 1. The number of hydrogen-bond donors (Lipinski definition) is 3. The van der Waals surface area contributed by atoms with Gasteiger partial charge in [0.15, 0.2) is 5.96 Å². The van der Waals surface area contributed by atoms with Crippen LogP contribution in [0.5, 0.6) is 0 Å². The second kappa shape index (κ2) is 11.6. The Morgan fingerprint density at radius 1 is 1.21 bits per heavy atom. The van der Waals surface area contributed by atoms with Crippen molar-refractivity contribution in [1.82, 2.24) is 15.6 Å². The highest BCUT2D eigenvalue weighted by atomic mass is 32.1. The normalized spacial score (nSPS) is 12.7. The van der Waals surface area contributed by atoms with Crippen molar-refractivity contribution >= 4 is 28.9 Å². The van der Waals surface area contributed by atoms with Crippen LogP contribution in [0.3, 0.4) is 0 Å². The third-order valence-corrected chi connectivity index (χ3v) is 5.45. The van der Waals surface area contributed by atoms with Crippen LogP contribution in [0.15, 0.2) is 34.6 Å². The first-order valence-corrected chi connectivity index (χ1v) is 11.2. The monoisotopic (exact) mass is 415 g/mol. The number of nitrogens with zero attached hydrogens (tertiary/aromatic N) is 2. The first-order valence-electron chi connectivity index (χ1n) is 10.3. The molecule has 29 heavy (non-hydrogen) atoms. The Hall–Kier alpha value is -2.41. The zero-order valence-corrected chi connectivity index (χ0v) is 18.9. The standard InChI is InChI=1S/C22H33N5OS/c1-6-16(5)21(28)26-18-10-8-9-17(11-18)12-24-22(23-7-2)25-13-20-27-19(14-29-20)15(3)4/h8-11,14-16H,6-7,12-13H2,1-5H3,(H,26,28)(H2,23,24,25). The predicted molar refractivity (Wildman–Crippen MR) is 122 cm³/mol. The summed E-state index contributed by atoms with van der Waals surface area (Å²) >= 11 is 1.67. The summed E-state index contributed by atoms with van der Waals surface area (Å²) in [4.78, 5) is 21.4. The third-order valence-electron chi connectivity index (χ3n) is 4.59. The molecule has 158 valence electrons. The molecule has 7 heteroatoms. The maximum absolute atomic E-state index is 12.1. The van der Waals surface area contributed by atoms with E-state index in [0.717, 1.165) is 40.9 Å². The van der Waals surface area contributed by atoms with Crippen molar-refractivity contribution in [2.75, 3.05) is 11.9 Å².